The second kappa shape index (κ2) is 6.06. The second-order valence-electron chi connectivity index (χ2n) is 5.49. The number of carbonyl (C=O) groups is 1. The lowest BCUT2D eigenvalue weighted by molar-refractivity contribution is 0.0747. The summed E-state index contributed by atoms with van der Waals surface area (Å²) in [6.07, 6.45) is 1.39. The number of aromatic nitrogens is 2. The Kier molecular flexibility index (Phi) is 4.98. The van der Waals surface area contributed by atoms with Crippen LogP contribution in [0.15, 0.2) is 17.1 Å². The predicted molar refractivity (Wildman–Crippen MR) is 72.6 cm³/mol. The molecule has 6 heteroatoms. The molecule has 5 nitrogen and oxygen atoms in total. The van der Waals surface area contributed by atoms with Gasteiger partial charge in [0.15, 0.2) is 5.78 Å². The van der Waals surface area contributed by atoms with E-state index in [2.05, 4.69) is 24.7 Å². The number of rotatable bonds is 6. The van der Waals surface area contributed by atoms with Crippen LogP contribution < -0.4 is 5.56 Å². The van der Waals surface area contributed by atoms with Crippen molar-refractivity contribution in [2.45, 2.75) is 39.3 Å². The second-order valence-corrected chi connectivity index (χ2v) is 11.1. The van der Waals surface area contributed by atoms with Gasteiger partial charge >= 0.3 is 0 Å². The van der Waals surface area contributed by atoms with Gasteiger partial charge in [0.25, 0.3) is 5.56 Å². The average molecular weight is 268 g/mol. The Hall–Kier alpha value is -1.27. The molecule has 1 rings (SSSR count). The summed E-state index contributed by atoms with van der Waals surface area (Å²) in [5, 5.41) is 3.90. The number of hydrogen-bond donors (Lipinski definition) is 0. The summed E-state index contributed by atoms with van der Waals surface area (Å²) in [6, 6.07) is 2.34. The van der Waals surface area contributed by atoms with E-state index in [9.17, 15) is 9.59 Å². The SMILES string of the molecule is CC(=O)c1cnn(COCC[Si](C)(C)C)c(=O)c1. The zero-order valence-electron chi connectivity index (χ0n) is 11.4. The molecule has 0 N–H and O–H groups in total. The third-order valence-corrected chi connectivity index (χ3v) is 4.19. The summed E-state index contributed by atoms with van der Waals surface area (Å²) < 4.78 is 6.65. The lowest BCUT2D eigenvalue weighted by Gasteiger charge is -2.15. The van der Waals surface area contributed by atoms with Crippen molar-refractivity contribution in [1.82, 2.24) is 9.78 Å². The van der Waals surface area contributed by atoms with Crippen molar-refractivity contribution in [3.8, 4) is 0 Å². The highest BCUT2D eigenvalue weighted by Gasteiger charge is 2.12. The highest BCUT2D eigenvalue weighted by atomic mass is 28.3. The maximum absolute atomic E-state index is 11.6. The van der Waals surface area contributed by atoms with E-state index in [4.69, 9.17) is 4.74 Å². The van der Waals surface area contributed by atoms with Gasteiger partial charge in [0.2, 0.25) is 0 Å². The molecule has 0 spiro atoms. The van der Waals surface area contributed by atoms with Gasteiger partial charge in [0.05, 0.1) is 6.20 Å². The van der Waals surface area contributed by atoms with E-state index >= 15 is 0 Å². The molecular weight excluding hydrogens is 248 g/mol. The lowest BCUT2D eigenvalue weighted by Crippen LogP contribution is -2.26. The summed E-state index contributed by atoms with van der Waals surface area (Å²) >= 11 is 0. The predicted octanol–water partition coefficient (Wildman–Crippen LogP) is 1.76. The van der Waals surface area contributed by atoms with E-state index in [1.54, 1.807) is 0 Å². The maximum Gasteiger partial charge on any atom is 0.269 e. The molecule has 0 amide bonds. The molecule has 1 aromatic heterocycles. The van der Waals surface area contributed by atoms with Crippen molar-refractivity contribution in [1.29, 1.82) is 0 Å². The topological polar surface area (TPSA) is 61.2 Å². The molecule has 18 heavy (non-hydrogen) atoms. The van der Waals surface area contributed by atoms with E-state index in [1.165, 1.54) is 23.9 Å². The first-order valence-corrected chi connectivity index (χ1v) is 9.66. The van der Waals surface area contributed by atoms with Crippen molar-refractivity contribution in [3.63, 3.8) is 0 Å². The van der Waals surface area contributed by atoms with Crippen LogP contribution in [0, 0.1) is 0 Å². The van der Waals surface area contributed by atoms with E-state index in [0.717, 1.165) is 6.04 Å². The first-order valence-electron chi connectivity index (χ1n) is 5.95. The van der Waals surface area contributed by atoms with Crippen LogP contribution in [0.1, 0.15) is 17.3 Å². The third kappa shape index (κ3) is 4.93. The Balaban J connectivity index is 2.54. The van der Waals surface area contributed by atoms with Crippen LogP contribution in [0.3, 0.4) is 0 Å². The fourth-order valence-electron chi connectivity index (χ4n) is 1.25. The van der Waals surface area contributed by atoms with E-state index in [-0.39, 0.29) is 18.1 Å². The highest BCUT2D eigenvalue weighted by Crippen LogP contribution is 2.07. The quantitative estimate of drug-likeness (QED) is 0.448. The largest absolute Gasteiger partial charge is 0.359 e. The molecule has 0 fully saturated rings. The maximum atomic E-state index is 11.6. The van der Waals surface area contributed by atoms with Crippen molar-refractivity contribution in [3.05, 3.63) is 28.2 Å². The van der Waals surface area contributed by atoms with Gasteiger partial charge in [-0.15, -0.1) is 0 Å². The molecule has 0 aliphatic rings. The van der Waals surface area contributed by atoms with Gasteiger partial charge in [-0.05, 0) is 13.0 Å². The third-order valence-electron chi connectivity index (χ3n) is 2.49. The minimum Gasteiger partial charge on any atom is -0.359 e. The number of hydrogen-bond acceptors (Lipinski definition) is 4. The van der Waals surface area contributed by atoms with E-state index in [0.29, 0.717) is 12.2 Å². The lowest BCUT2D eigenvalue weighted by atomic mass is 10.2. The molecule has 1 aromatic rings. The van der Waals surface area contributed by atoms with Gasteiger partial charge in [-0.3, -0.25) is 9.59 Å². The zero-order chi connectivity index (χ0) is 13.8. The number of ether oxygens (including phenoxy) is 1. The van der Waals surface area contributed by atoms with Gasteiger partial charge in [-0.1, -0.05) is 19.6 Å². The number of ketones is 1. The molecule has 0 aliphatic carbocycles. The number of nitrogens with zero attached hydrogens (tertiary/aromatic N) is 2. The molecule has 0 atom stereocenters. The van der Waals surface area contributed by atoms with Gasteiger partial charge in [-0.25, -0.2) is 4.68 Å². The van der Waals surface area contributed by atoms with Crippen LogP contribution in [0.5, 0.6) is 0 Å². The standard InChI is InChI=1S/C12H20N2O3Si/c1-10(15)11-7-12(16)14(13-8-11)9-17-5-6-18(2,3)4/h7-8H,5-6,9H2,1-4H3. The fourth-order valence-corrected chi connectivity index (χ4v) is 2.01. The van der Waals surface area contributed by atoms with Crippen molar-refractivity contribution >= 4 is 13.9 Å². The van der Waals surface area contributed by atoms with Crippen molar-refractivity contribution < 1.29 is 9.53 Å². The van der Waals surface area contributed by atoms with Gasteiger partial charge in [-0.2, -0.15) is 5.10 Å². The van der Waals surface area contributed by atoms with Gasteiger partial charge in [0.1, 0.15) is 6.73 Å². The Morgan fingerprint density at radius 3 is 2.61 bits per heavy atom. The smallest absolute Gasteiger partial charge is 0.269 e. The fraction of sp³-hybridized carbons (Fsp3) is 0.583. The number of Topliss-reactive ketones (excluding diaryl/α,β-unsaturated/α-hetero) is 1. The molecule has 0 radical (unpaired) electrons. The summed E-state index contributed by atoms with van der Waals surface area (Å²) in [7, 11) is -1.11. The highest BCUT2D eigenvalue weighted by molar-refractivity contribution is 6.76. The van der Waals surface area contributed by atoms with Crippen molar-refractivity contribution in [2.75, 3.05) is 6.61 Å². The van der Waals surface area contributed by atoms with E-state index in [1.807, 2.05) is 0 Å². The molecule has 0 saturated carbocycles. The monoisotopic (exact) mass is 268 g/mol. The van der Waals surface area contributed by atoms with Gasteiger partial charge < -0.3 is 4.74 Å². The molecule has 0 saturated heterocycles. The summed E-state index contributed by atoms with van der Waals surface area (Å²) in [4.78, 5) is 22.7. The van der Waals surface area contributed by atoms with Crippen LogP contribution in [0.2, 0.25) is 25.7 Å². The first kappa shape index (κ1) is 14.8. The summed E-state index contributed by atoms with van der Waals surface area (Å²) in [5.41, 5.74) is 0.0223. The molecule has 1 heterocycles. The van der Waals surface area contributed by atoms with E-state index < -0.39 is 8.07 Å². The molecule has 0 bridgehead atoms. The van der Waals surface area contributed by atoms with Crippen molar-refractivity contribution in [2.24, 2.45) is 0 Å². The molecule has 0 aliphatic heterocycles. The Bertz CT molecular complexity index is 477. The zero-order valence-corrected chi connectivity index (χ0v) is 12.4. The molecule has 0 unspecified atom stereocenters. The number of carbonyl (C=O) groups excluding carboxylic acids is 1. The normalized spacial score (nSPS) is 11.6. The Labute approximate surface area is 108 Å². The minimum absolute atomic E-state index is 0.140. The molecular formula is C12H20N2O3Si. The Morgan fingerprint density at radius 2 is 2.11 bits per heavy atom. The van der Waals surface area contributed by atoms with Crippen LogP contribution in [0.25, 0.3) is 0 Å². The summed E-state index contributed by atoms with van der Waals surface area (Å²) in [5.74, 6) is -0.161. The van der Waals surface area contributed by atoms with Gasteiger partial charge in [0, 0.05) is 26.3 Å². The van der Waals surface area contributed by atoms with Crippen LogP contribution in [0.4, 0.5) is 0 Å². The van der Waals surface area contributed by atoms with Crippen LogP contribution in [-0.2, 0) is 11.5 Å². The molecule has 100 valence electrons. The Morgan fingerprint density at radius 1 is 1.44 bits per heavy atom. The minimum atomic E-state index is -1.11. The molecule has 0 aromatic carbocycles. The first-order chi connectivity index (χ1) is 8.29. The van der Waals surface area contributed by atoms with Crippen LogP contribution >= 0.6 is 0 Å². The van der Waals surface area contributed by atoms with Crippen LogP contribution in [-0.4, -0.2) is 30.2 Å². The average Bonchev–Trinajstić information content (AvgIpc) is 2.24. The summed E-state index contributed by atoms with van der Waals surface area (Å²) in [6.45, 7) is 8.98.